The molecule has 4 rings (SSSR count). The number of rotatable bonds is 5. The number of amides is 1. The zero-order valence-electron chi connectivity index (χ0n) is 14.1. The lowest BCUT2D eigenvalue weighted by molar-refractivity contribution is -0.121. The van der Waals surface area contributed by atoms with Crippen LogP contribution in [0.2, 0.25) is 0 Å². The van der Waals surface area contributed by atoms with Crippen molar-refractivity contribution in [1.82, 2.24) is 4.72 Å². The molecular weight excluding hydrogens is 352 g/mol. The maximum atomic E-state index is 12.5. The SMILES string of the molecule is O=C(Nc1ccc(S(=O)(=O)NC2CC2)cc1)C1COc2ccccc2C1. The summed E-state index contributed by atoms with van der Waals surface area (Å²) in [5.74, 6) is 0.422. The van der Waals surface area contributed by atoms with E-state index >= 15 is 0 Å². The molecule has 2 N–H and O–H groups in total. The number of hydrogen-bond acceptors (Lipinski definition) is 4. The molecular formula is C19H20N2O4S. The van der Waals surface area contributed by atoms with Crippen LogP contribution in [0.3, 0.4) is 0 Å². The van der Waals surface area contributed by atoms with Gasteiger partial charge in [-0.15, -0.1) is 0 Å². The first-order valence-electron chi connectivity index (χ1n) is 8.65. The van der Waals surface area contributed by atoms with Gasteiger partial charge in [0.1, 0.15) is 12.4 Å². The molecule has 0 radical (unpaired) electrons. The zero-order valence-corrected chi connectivity index (χ0v) is 15.0. The molecule has 2 aromatic rings. The predicted octanol–water partition coefficient (Wildman–Crippen LogP) is 2.32. The second-order valence-corrected chi connectivity index (χ2v) is 8.44. The lowest BCUT2D eigenvalue weighted by atomic mass is 9.96. The van der Waals surface area contributed by atoms with E-state index in [2.05, 4.69) is 10.0 Å². The highest BCUT2D eigenvalue weighted by molar-refractivity contribution is 7.89. The number of carbonyl (C=O) groups excluding carboxylic acids is 1. The minimum absolute atomic E-state index is 0.0635. The van der Waals surface area contributed by atoms with Crippen LogP contribution in [0.4, 0.5) is 5.69 Å². The summed E-state index contributed by atoms with van der Waals surface area (Å²) in [5.41, 5.74) is 1.59. The molecule has 1 amide bonds. The molecule has 1 aliphatic heterocycles. The third-order valence-electron chi connectivity index (χ3n) is 4.58. The van der Waals surface area contributed by atoms with Crippen LogP contribution in [0.1, 0.15) is 18.4 Å². The fourth-order valence-electron chi connectivity index (χ4n) is 2.95. The van der Waals surface area contributed by atoms with Crippen LogP contribution in [0, 0.1) is 5.92 Å². The first-order valence-corrected chi connectivity index (χ1v) is 10.1. The number of benzene rings is 2. The van der Waals surface area contributed by atoms with E-state index in [-0.39, 0.29) is 22.8 Å². The fourth-order valence-corrected chi connectivity index (χ4v) is 4.25. The second kappa shape index (κ2) is 6.74. The Labute approximate surface area is 152 Å². The van der Waals surface area contributed by atoms with E-state index in [9.17, 15) is 13.2 Å². The second-order valence-electron chi connectivity index (χ2n) is 6.73. The number of carbonyl (C=O) groups is 1. The molecule has 1 heterocycles. The summed E-state index contributed by atoms with van der Waals surface area (Å²) in [6.07, 6.45) is 2.40. The molecule has 1 aliphatic carbocycles. The molecule has 136 valence electrons. The van der Waals surface area contributed by atoms with E-state index in [1.165, 1.54) is 12.1 Å². The summed E-state index contributed by atoms with van der Waals surface area (Å²) in [5, 5.41) is 2.84. The third-order valence-corrected chi connectivity index (χ3v) is 6.12. The molecule has 1 atom stereocenters. The quantitative estimate of drug-likeness (QED) is 0.844. The van der Waals surface area contributed by atoms with E-state index < -0.39 is 10.0 Å². The maximum absolute atomic E-state index is 12.5. The van der Waals surface area contributed by atoms with Crippen molar-refractivity contribution in [2.75, 3.05) is 11.9 Å². The number of anilines is 1. The molecule has 0 spiro atoms. The molecule has 7 heteroatoms. The minimum Gasteiger partial charge on any atom is -0.492 e. The highest BCUT2D eigenvalue weighted by atomic mass is 32.2. The predicted molar refractivity (Wildman–Crippen MR) is 97.5 cm³/mol. The van der Waals surface area contributed by atoms with Crippen LogP contribution in [0.5, 0.6) is 5.75 Å². The number of ether oxygens (including phenoxy) is 1. The number of nitrogens with one attached hydrogen (secondary N) is 2. The van der Waals surface area contributed by atoms with E-state index in [0.29, 0.717) is 18.7 Å². The summed E-state index contributed by atoms with van der Waals surface area (Å²) in [4.78, 5) is 12.7. The van der Waals surface area contributed by atoms with Gasteiger partial charge in [-0.3, -0.25) is 4.79 Å². The van der Waals surface area contributed by atoms with Crippen molar-refractivity contribution in [3.63, 3.8) is 0 Å². The average molecular weight is 372 g/mol. The van der Waals surface area contributed by atoms with Gasteiger partial charge in [-0.05, 0) is 55.2 Å². The standard InChI is InChI=1S/C19H20N2O4S/c22-19(14-11-13-3-1-2-4-18(13)25-12-14)20-15-7-9-17(10-8-15)26(23,24)21-16-5-6-16/h1-4,7-10,14,16,21H,5-6,11-12H2,(H,20,22). The van der Waals surface area contributed by atoms with E-state index in [1.54, 1.807) is 12.1 Å². The number of para-hydroxylation sites is 1. The van der Waals surface area contributed by atoms with Gasteiger partial charge in [-0.2, -0.15) is 0 Å². The molecule has 26 heavy (non-hydrogen) atoms. The molecule has 0 aromatic heterocycles. The Morgan fingerprint density at radius 2 is 1.77 bits per heavy atom. The summed E-state index contributed by atoms with van der Waals surface area (Å²) in [6.45, 7) is 0.334. The van der Waals surface area contributed by atoms with E-state index in [0.717, 1.165) is 24.2 Å². The molecule has 1 fully saturated rings. The third kappa shape index (κ3) is 3.73. The highest BCUT2D eigenvalue weighted by Crippen LogP contribution is 2.28. The van der Waals surface area contributed by atoms with Gasteiger partial charge in [0.25, 0.3) is 0 Å². The summed E-state index contributed by atoms with van der Waals surface area (Å²) in [6, 6.07) is 14.0. The summed E-state index contributed by atoms with van der Waals surface area (Å²) >= 11 is 0. The van der Waals surface area contributed by atoms with Crippen LogP contribution in [0.15, 0.2) is 53.4 Å². The highest BCUT2D eigenvalue weighted by Gasteiger charge is 2.28. The Bertz CT molecular complexity index is 921. The van der Waals surface area contributed by atoms with Crippen molar-refractivity contribution < 1.29 is 17.9 Å². The lowest BCUT2D eigenvalue weighted by Crippen LogP contribution is -2.32. The van der Waals surface area contributed by atoms with Gasteiger partial charge in [-0.25, -0.2) is 13.1 Å². The Morgan fingerprint density at radius 1 is 1.04 bits per heavy atom. The van der Waals surface area contributed by atoms with Gasteiger partial charge >= 0.3 is 0 Å². The van der Waals surface area contributed by atoms with Crippen molar-refractivity contribution >= 4 is 21.6 Å². The van der Waals surface area contributed by atoms with Gasteiger partial charge in [0.15, 0.2) is 0 Å². The number of hydrogen-bond donors (Lipinski definition) is 2. The Hall–Kier alpha value is -2.38. The molecule has 6 nitrogen and oxygen atoms in total. The van der Waals surface area contributed by atoms with Crippen LogP contribution in [-0.4, -0.2) is 27.0 Å². The molecule has 2 aliphatic rings. The summed E-state index contributed by atoms with van der Waals surface area (Å²) in [7, 11) is -3.48. The van der Waals surface area contributed by atoms with Crippen molar-refractivity contribution in [2.45, 2.75) is 30.2 Å². The van der Waals surface area contributed by atoms with Gasteiger partial charge in [0, 0.05) is 11.7 Å². The molecule has 0 saturated heterocycles. The molecule has 1 unspecified atom stereocenters. The van der Waals surface area contributed by atoms with Gasteiger partial charge < -0.3 is 10.1 Å². The van der Waals surface area contributed by atoms with Crippen LogP contribution >= 0.6 is 0 Å². The largest absolute Gasteiger partial charge is 0.492 e. The van der Waals surface area contributed by atoms with Crippen LogP contribution in [0.25, 0.3) is 0 Å². The minimum atomic E-state index is -3.48. The topological polar surface area (TPSA) is 84.5 Å². The van der Waals surface area contributed by atoms with Crippen LogP contribution in [-0.2, 0) is 21.2 Å². The number of fused-ring (bicyclic) bond motifs is 1. The Kier molecular flexibility index (Phi) is 4.42. The van der Waals surface area contributed by atoms with E-state index in [1.807, 2.05) is 24.3 Å². The maximum Gasteiger partial charge on any atom is 0.240 e. The normalized spacial score (nSPS) is 19.3. The van der Waals surface area contributed by atoms with Crippen molar-refractivity contribution in [1.29, 1.82) is 0 Å². The van der Waals surface area contributed by atoms with Crippen molar-refractivity contribution in [2.24, 2.45) is 5.92 Å². The van der Waals surface area contributed by atoms with Gasteiger partial charge in [0.05, 0.1) is 10.8 Å². The summed E-state index contributed by atoms with van der Waals surface area (Å²) < 4.78 is 32.6. The van der Waals surface area contributed by atoms with Gasteiger partial charge in [-0.1, -0.05) is 18.2 Å². The Balaban J connectivity index is 1.40. The monoisotopic (exact) mass is 372 g/mol. The molecule has 0 bridgehead atoms. The average Bonchev–Trinajstić information content (AvgIpc) is 3.45. The fraction of sp³-hybridized carbons (Fsp3) is 0.316. The number of sulfonamides is 1. The van der Waals surface area contributed by atoms with Gasteiger partial charge in [0.2, 0.25) is 15.9 Å². The van der Waals surface area contributed by atoms with Crippen molar-refractivity contribution in [3.8, 4) is 5.75 Å². The lowest BCUT2D eigenvalue weighted by Gasteiger charge is -2.24. The Morgan fingerprint density at radius 3 is 2.50 bits per heavy atom. The smallest absolute Gasteiger partial charge is 0.240 e. The van der Waals surface area contributed by atoms with Crippen LogP contribution < -0.4 is 14.8 Å². The molecule has 1 saturated carbocycles. The first kappa shape index (κ1) is 17.1. The van der Waals surface area contributed by atoms with E-state index in [4.69, 9.17) is 4.74 Å². The zero-order chi connectivity index (χ0) is 18.1. The molecule has 2 aromatic carbocycles. The van der Waals surface area contributed by atoms with Crippen molar-refractivity contribution in [3.05, 3.63) is 54.1 Å². The first-order chi connectivity index (χ1) is 12.5.